The number of hydrogen-bond donors (Lipinski definition) is 0. The van der Waals surface area contributed by atoms with Gasteiger partial charge < -0.3 is 65.4 Å². The van der Waals surface area contributed by atoms with Crippen molar-refractivity contribution in [3.05, 3.63) is 155 Å². The first-order valence-corrected chi connectivity index (χ1v) is 30.8. The summed E-state index contributed by atoms with van der Waals surface area (Å²) in [5.41, 5.74) is 7.41. The van der Waals surface area contributed by atoms with Crippen molar-refractivity contribution in [1.29, 1.82) is 0 Å². The summed E-state index contributed by atoms with van der Waals surface area (Å²) in [5.74, 6) is 5.61. The molecule has 0 amide bonds. The predicted molar refractivity (Wildman–Crippen MR) is 319 cm³/mol. The smallest absolute Gasteiger partial charge is 0.305 e. The van der Waals surface area contributed by atoms with Crippen LogP contribution in [0.4, 0.5) is 0 Å². The summed E-state index contributed by atoms with van der Waals surface area (Å²) >= 11 is 0. The highest BCUT2D eigenvalue weighted by Gasteiger charge is 2.41. The molecule has 8 rings (SSSR count). The average Bonchev–Trinajstić information content (AvgIpc) is 1.25. The number of benzene rings is 6. The highest BCUT2D eigenvalue weighted by Crippen LogP contribution is 2.45. The Hall–Kier alpha value is -7.11. The molecule has 0 aromatic heterocycles. The van der Waals surface area contributed by atoms with Gasteiger partial charge in [-0.2, -0.15) is 0 Å². The first-order chi connectivity index (χ1) is 40.7. The van der Waals surface area contributed by atoms with Crippen LogP contribution in [-0.2, 0) is 60.2 Å². The summed E-state index contributed by atoms with van der Waals surface area (Å²) in [6.07, 6.45) is 6.03. The predicted octanol–water partition coefficient (Wildman–Crippen LogP) is 9.33. The lowest BCUT2D eigenvalue weighted by molar-refractivity contribution is -0.941. The summed E-state index contributed by atoms with van der Waals surface area (Å²) in [5, 5.41) is 0. The first kappa shape index (κ1) is 67.0. The van der Waals surface area contributed by atoms with Crippen LogP contribution in [0.25, 0.3) is 0 Å². The topological polar surface area (TPSA) is 224 Å². The summed E-state index contributed by atoms with van der Waals surface area (Å²) < 4.78 is 120. The number of rotatable bonds is 26. The van der Waals surface area contributed by atoms with Crippen LogP contribution >= 0.6 is 0 Å². The van der Waals surface area contributed by atoms with Crippen molar-refractivity contribution in [3.63, 3.8) is 0 Å². The van der Waals surface area contributed by atoms with Crippen molar-refractivity contribution in [1.82, 2.24) is 0 Å². The highest BCUT2D eigenvalue weighted by atomic mass is 32.2. The molecule has 0 saturated heterocycles. The Morgan fingerprint density at radius 1 is 0.459 bits per heavy atom. The van der Waals surface area contributed by atoms with Crippen LogP contribution in [-0.4, -0.2) is 158 Å². The SMILES string of the molecule is COc1ccc(C[C@@H]2c3cc(OC)c(OC)cc3CC[N@+]2(C)CCCOCCCC(=O)OCCC[N@+]2(C)CCc3cc(OC)c(OC)cc3[C@@H]2Cc2ccc(OC)c(OC)c2)cc1OC.O=S(=O)([O-])c1ccccc1.O=S(=O)([O-])c1ccccc1. The molecule has 0 fully saturated rings. The Bertz CT molecular complexity index is 3280. The zero-order valence-corrected chi connectivity index (χ0v) is 52.1. The van der Waals surface area contributed by atoms with E-state index >= 15 is 0 Å². The minimum atomic E-state index is -4.25. The maximum atomic E-state index is 12.9. The molecule has 2 aliphatic heterocycles. The van der Waals surface area contributed by atoms with E-state index < -0.39 is 20.2 Å². The third-order valence-electron chi connectivity index (χ3n) is 15.8. The van der Waals surface area contributed by atoms with Crippen molar-refractivity contribution >= 4 is 26.2 Å². The molecule has 2 heterocycles. The van der Waals surface area contributed by atoms with Gasteiger partial charge in [-0.1, -0.05) is 48.5 Å². The second kappa shape index (κ2) is 31.3. The lowest BCUT2D eigenvalue weighted by Gasteiger charge is -2.46. The molecular weight excluding hydrogens is 1130 g/mol. The summed E-state index contributed by atoms with van der Waals surface area (Å²) in [4.78, 5) is 12.5. The molecule has 0 radical (unpaired) electrons. The fourth-order valence-corrected chi connectivity index (χ4v) is 12.1. The lowest BCUT2D eigenvalue weighted by Crippen LogP contribution is -2.52. The zero-order chi connectivity index (χ0) is 61.8. The molecular formula is C64H82N2O17S2. The van der Waals surface area contributed by atoms with Crippen molar-refractivity contribution in [2.24, 2.45) is 0 Å². The van der Waals surface area contributed by atoms with Gasteiger partial charge in [0.1, 0.15) is 32.3 Å². The summed E-state index contributed by atoms with van der Waals surface area (Å²) in [6.45, 7) is 5.22. The number of hydrogen-bond acceptors (Lipinski definition) is 17. The Balaban J connectivity index is 0.000000484. The van der Waals surface area contributed by atoms with Gasteiger partial charge in [0.2, 0.25) is 0 Å². The fourth-order valence-electron chi connectivity index (χ4n) is 11.1. The van der Waals surface area contributed by atoms with E-state index in [0.717, 1.165) is 108 Å². The average molecular weight is 1220 g/mol. The van der Waals surface area contributed by atoms with Crippen molar-refractivity contribution in [2.75, 3.05) is 117 Å². The second-order valence-corrected chi connectivity index (χ2v) is 23.9. The Morgan fingerprint density at radius 3 is 1.18 bits per heavy atom. The van der Waals surface area contributed by atoms with Crippen LogP contribution < -0.4 is 37.9 Å². The lowest BCUT2D eigenvalue weighted by atomic mass is 9.86. The first-order valence-electron chi connectivity index (χ1n) is 28.0. The molecule has 0 aliphatic carbocycles. The van der Waals surface area contributed by atoms with Gasteiger partial charge >= 0.3 is 5.97 Å². The monoisotopic (exact) mass is 1210 g/mol. The molecule has 4 atom stereocenters. The van der Waals surface area contributed by atoms with E-state index in [2.05, 4.69) is 62.6 Å². The van der Waals surface area contributed by atoms with Crippen LogP contribution in [0, 0.1) is 0 Å². The van der Waals surface area contributed by atoms with Crippen molar-refractivity contribution in [2.45, 2.75) is 73.2 Å². The number of carbonyl (C=O) groups excluding carboxylic acids is 1. The third kappa shape index (κ3) is 18.2. The van der Waals surface area contributed by atoms with E-state index in [1.807, 2.05) is 12.1 Å². The van der Waals surface area contributed by atoms with Gasteiger partial charge in [0.15, 0.2) is 46.0 Å². The zero-order valence-electron chi connectivity index (χ0n) is 50.5. The molecule has 0 saturated carbocycles. The van der Waals surface area contributed by atoms with Gasteiger partial charge in [-0.05, 0) is 101 Å². The van der Waals surface area contributed by atoms with E-state index in [1.54, 1.807) is 69.0 Å². The number of nitrogens with zero attached hydrogens (tertiary/aromatic N) is 2. The minimum absolute atomic E-state index is 0.135. The number of carbonyl (C=O) groups is 1. The maximum absolute atomic E-state index is 12.9. The van der Waals surface area contributed by atoms with E-state index in [-0.39, 0.29) is 27.8 Å². The molecule has 19 nitrogen and oxygen atoms in total. The number of fused-ring (bicyclic) bond motifs is 2. The molecule has 6 aromatic rings. The van der Waals surface area contributed by atoms with Gasteiger partial charge in [0.05, 0.1) is 120 Å². The maximum Gasteiger partial charge on any atom is 0.305 e. The number of quaternary nitrogens is 2. The largest absolute Gasteiger partial charge is 0.744 e. The quantitative estimate of drug-likeness (QED) is 0.0213. The second-order valence-electron chi connectivity index (χ2n) is 21.2. The minimum Gasteiger partial charge on any atom is -0.744 e. The Kier molecular flexibility index (Phi) is 24.7. The molecule has 6 aromatic carbocycles. The highest BCUT2D eigenvalue weighted by molar-refractivity contribution is 7.86. The molecule has 21 heteroatoms. The van der Waals surface area contributed by atoms with E-state index in [0.29, 0.717) is 49.9 Å². The van der Waals surface area contributed by atoms with Crippen molar-refractivity contribution < 1.29 is 87.1 Å². The molecule has 462 valence electrons. The van der Waals surface area contributed by atoms with E-state index in [4.69, 9.17) is 47.4 Å². The molecule has 0 spiro atoms. The van der Waals surface area contributed by atoms with Gasteiger partial charge in [-0.25, -0.2) is 16.8 Å². The summed E-state index contributed by atoms with van der Waals surface area (Å²) in [7, 11) is 9.52. The van der Waals surface area contributed by atoms with Gasteiger partial charge in [-0.15, -0.1) is 0 Å². The number of likely N-dealkylation sites (N-methyl/N-ethyl adjacent to an activating group) is 2. The number of ether oxygens (including phenoxy) is 10. The third-order valence-corrected chi connectivity index (χ3v) is 17.5. The van der Waals surface area contributed by atoms with E-state index in [1.165, 1.54) is 76.3 Å². The molecule has 85 heavy (non-hydrogen) atoms. The Labute approximate surface area is 501 Å². The van der Waals surface area contributed by atoms with Crippen LogP contribution in [0.15, 0.2) is 131 Å². The van der Waals surface area contributed by atoms with Crippen LogP contribution in [0.1, 0.15) is 71.1 Å². The van der Waals surface area contributed by atoms with Crippen molar-refractivity contribution in [3.8, 4) is 46.0 Å². The van der Waals surface area contributed by atoms with Crippen LogP contribution in [0.3, 0.4) is 0 Å². The number of methoxy groups -OCH3 is 8. The standard InChI is InChI=1S/C52H72N2O11.2C6H6O3S/c1-53(23-19-38-32-48(60-7)50(62-9)34-40(38)42(53)28-36-15-17-44(56-3)46(30-36)58-5)21-12-26-64-25-11-14-52(55)65-27-13-22-54(2)24-20-39-33-49(61-8)51(63-10)35-41(39)43(54)29-37-16-18-45(57-4)47(31-37)59-6;2*7-10(8,9)6-4-2-1-3-5-6/h15-18,30-35,42-43H,11-14,19-29H2,1-10H3;2*1-5H,(H,7,8,9)/q+2;;/p-2/t42-,43+,53+,54-;;/m1../s1. The van der Waals surface area contributed by atoms with Crippen LogP contribution in [0.5, 0.6) is 46.0 Å². The molecule has 0 N–H and O–H groups in total. The van der Waals surface area contributed by atoms with Gasteiger partial charge in [0, 0.05) is 62.7 Å². The fraction of sp³-hybridized carbons (Fsp3) is 0.422. The normalized spacial score (nSPS) is 17.9. The molecule has 2 aliphatic rings. The number of esters is 1. The van der Waals surface area contributed by atoms with E-state index in [9.17, 15) is 30.7 Å². The van der Waals surface area contributed by atoms with Gasteiger partial charge in [-0.3, -0.25) is 4.79 Å². The molecule has 0 unspecified atom stereocenters. The summed E-state index contributed by atoms with van der Waals surface area (Å²) in [6, 6.07) is 35.6. The Morgan fingerprint density at radius 2 is 0.812 bits per heavy atom. The van der Waals surface area contributed by atoms with Crippen LogP contribution in [0.2, 0.25) is 0 Å². The molecule has 0 bridgehead atoms. The van der Waals surface area contributed by atoms with Gasteiger partial charge in [0.25, 0.3) is 0 Å².